The molecular weight excluding hydrogens is 540 g/mol. The molecule has 5 N–H and O–H groups in total. The van der Waals surface area contributed by atoms with Crippen LogP contribution < -0.4 is 16.2 Å². The van der Waals surface area contributed by atoms with E-state index in [0.717, 1.165) is 22.3 Å². The number of rotatable bonds is 12. The highest BCUT2D eigenvalue weighted by Crippen LogP contribution is 2.23. The molecule has 0 unspecified atom stereocenters. The number of carbonyl (C=O) groups excluding carboxylic acids is 2. The summed E-state index contributed by atoms with van der Waals surface area (Å²) in [4.78, 5) is 27.4. The number of sulfonamides is 1. The molecule has 212 valence electrons. The molecule has 1 aromatic heterocycles. The van der Waals surface area contributed by atoms with Crippen molar-refractivity contribution in [2.24, 2.45) is 10.9 Å². The second-order valence-electron chi connectivity index (χ2n) is 9.37. The van der Waals surface area contributed by atoms with E-state index in [1.54, 1.807) is 41.3 Å². The molecule has 10 heteroatoms. The van der Waals surface area contributed by atoms with Crippen molar-refractivity contribution in [3.63, 3.8) is 0 Å². The molecule has 0 aliphatic heterocycles. The van der Waals surface area contributed by atoms with Crippen molar-refractivity contribution in [2.75, 3.05) is 19.6 Å². The lowest BCUT2D eigenvalue weighted by molar-refractivity contribution is -0.126. The SMILES string of the molecule is NCCNC(=O)c1cccc(-c2cccc(CN(CCc3ccc(S(N)(=O)=O)cc3)C(=O)/C=C/c3ccco3)c2)c1. The summed E-state index contributed by atoms with van der Waals surface area (Å²) in [7, 11) is -3.78. The number of hydrogen-bond acceptors (Lipinski definition) is 6. The molecule has 0 spiro atoms. The van der Waals surface area contributed by atoms with Crippen molar-refractivity contribution in [2.45, 2.75) is 17.9 Å². The van der Waals surface area contributed by atoms with Gasteiger partial charge in [0.2, 0.25) is 15.9 Å². The first kappa shape index (κ1) is 29.5. The molecule has 0 atom stereocenters. The standard InChI is InChI=1S/C31H32N4O5S/c32-16-17-34-31(37)27-7-2-6-26(21-27)25-5-1-4-24(20-25)22-35(30(36)14-11-28-8-3-19-40-28)18-15-23-9-12-29(13-10-23)41(33,38)39/h1-14,19-21H,15-18,22,32H2,(H,34,37)(H2,33,38,39)/b14-11+. The third-order valence-corrected chi connectivity index (χ3v) is 7.28. The zero-order valence-corrected chi connectivity index (χ0v) is 23.2. The average Bonchev–Trinajstić information content (AvgIpc) is 3.50. The van der Waals surface area contributed by atoms with E-state index in [1.165, 1.54) is 24.5 Å². The van der Waals surface area contributed by atoms with E-state index in [-0.39, 0.29) is 16.7 Å². The van der Waals surface area contributed by atoms with E-state index in [0.29, 0.717) is 43.9 Å². The van der Waals surface area contributed by atoms with Crippen LogP contribution in [0.1, 0.15) is 27.2 Å². The summed E-state index contributed by atoms with van der Waals surface area (Å²) in [6.07, 6.45) is 5.13. The van der Waals surface area contributed by atoms with Crippen molar-refractivity contribution >= 4 is 27.9 Å². The van der Waals surface area contributed by atoms with Gasteiger partial charge < -0.3 is 20.4 Å². The number of amides is 2. The Bertz CT molecular complexity index is 1610. The van der Waals surface area contributed by atoms with Gasteiger partial charge in [-0.2, -0.15) is 0 Å². The highest BCUT2D eigenvalue weighted by molar-refractivity contribution is 7.89. The van der Waals surface area contributed by atoms with E-state index in [9.17, 15) is 18.0 Å². The zero-order chi connectivity index (χ0) is 29.2. The summed E-state index contributed by atoms with van der Waals surface area (Å²) in [5, 5.41) is 7.98. The third kappa shape index (κ3) is 8.49. The molecule has 0 radical (unpaired) electrons. The molecule has 0 aliphatic rings. The Kier molecular flexibility index (Phi) is 9.86. The number of carbonyl (C=O) groups is 2. The Morgan fingerprint density at radius 1 is 0.902 bits per heavy atom. The number of benzene rings is 3. The van der Waals surface area contributed by atoms with Crippen LogP contribution in [0.15, 0.2) is 107 Å². The van der Waals surface area contributed by atoms with Crippen molar-refractivity contribution in [3.05, 3.63) is 120 Å². The number of primary sulfonamides is 1. The number of hydrogen-bond donors (Lipinski definition) is 3. The normalized spacial score (nSPS) is 11.5. The van der Waals surface area contributed by atoms with Crippen molar-refractivity contribution in [1.82, 2.24) is 10.2 Å². The smallest absolute Gasteiger partial charge is 0.251 e. The molecule has 0 saturated carbocycles. The number of furan rings is 1. The number of nitrogens with zero attached hydrogens (tertiary/aromatic N) is 1. The Labute approximate surface area is 239 Å². The van der Waals surface area contributed by atoms with Gasteiger partial charge in [0.15, 0.2) is 0 Å². The maximum absolute atomic E-state index is 13.3. The number of nitrogens with two attached hydrogens (primary N) is 2. The van der Waals surface area contributed by atoms with Gasteiger partial charge in [0.1, 0.15) is 5.76 Å². The first-order valence-corrected chi connectivity index (χ1v) is 14.6. The predicted octanol–water partition coefficient (Wildman–Crippen LogP) is 3.57. The maximum atomic E-state index is 13.3. The second-order valence-corrected chi connectivity index (χ2v) is 10.9. The Morgan fingerprint density at radius 3 is 2.32 bits per heavy atom. The van der Waals surface area contributed by atoms with Gasteiger partial charge in [0.25, 0.3) is 5.91 Å². The molecule has 41 heavy (non-hydrogen) atoms. The third-order valence-electron chi connectivity index (χ3n) is 6.36. The minimum Gasteiger partial charge on any atom is -0.465 e. The van der Waals surface area contributed by atoms with Crippen LogP contribution in [0, 0.1) is 0 Å². The van der Waals surface area contributed by atoms with Crippen LogP contribution in [-0.4, -0.2) is 44.8 Å². The monoisotopic (exact) mass is 572 g/mol. The van der Waals surface area contributed by atoms with Gasteiger partial charge in [-0.25, -0.2) is 13.6 Å². The van der Waals surface area contributed by atoms with Gasteiger partial charge in [-0.1, -0.05) is 42.5 Å². The minimum absolute atomic E-state index is 0.0355. The molecule has 0 bridgehead atoms. The Morgan fingerprint density at radius 2 is 1.63 bits per heavy atom. The highest BCUT2D eigenvalue weighted by Gasteiger charge is 2.14. The molecule has 2 amide bonds. The lowest BCUT2D eigenvalue weighted by atomic mass is 10.0. The lowest BCUT2D eigenvalue weighted by Gasteiger charge is -2.22. The zero-order valence-electron chi connectivity index (χ0n) is 22.4. The van der Waals surface area contributed by atoms with E-state index in [1.807, 2.05) is 42.5 Å². The fourth-order valence-corrected chi connectivity index (χ4v) is 4.73. The van der Waals surface area contributed by atoms with E-state index < -0.39 is 10.0 Å². The Hall–Kier alpha value is -4.51. The molecular formula is C31H32N4O5S. The lowest BCUT2D eigenvalue weighted by Crippen LogP contribution is -2.31. The van der Waals surface area contributed by atoms with E-state index in [4.69, 9.17) is 15.3 Å². The molecule has 1 heterocycles. The molecule has 3 aromatic carbocycles. The first-order valence-electron chi connectivity index (χ1n) is 13.0. The summed E-state index contributed by atoms with van der Waals surface area (Å²) in [5.41, 5.74) is 9.59. The van der Waals surface area contributed by atoms with Gasteiger partial charge >= 0.3 is 0 Å². The van der Waals surface area contributed by atoms with Gasteiger partial charge in [-0.3, -0.25) is 9.59 Å². The predicted molar refractivity (Wildman–Crippen MR) is 158 cm³/mol. The van der Waals surface area contributed by atoms with Crippen molar-refractivity contribution in [3.8, 4) is 11.1 Å². The minimum atomic E-state index is -3.78. The highest BCUT2D eigenvalue weighted by atomic mass is 32.2. The fourth-order valence-electron chi connectivity index (χ4n) is 4.22. The molecule has 0 fully saturated rings. The van der Waals surface area contributed by atoms with Gasteiger partial charge in [0.05, 0.1) is 11.2 Å². The molecule has 0 aliphatic carbocycles. The Balaban J connectivity index is 1.54. The van der Waals surface area contributed by atoms with Crippen LogP contribution in [0.5, 0.6) is 0 Å². The second kappa shape index (κ2) is 13.7. The average molecular weight is 573 g/mol. The summed E-state index contributed by atoms with van der Waals surface area (Å²) in [6.45, 7) is 1.48. The quantitative estimate of drug-likeness (QED) is 0.221. The fraction of sp³-hybridized carbons (Fsp3) is 0.161. The van der Waals surface area contributed by atoms with Crippen LogP contribution >= 0.6 is 0 Å². The van der Waals surface area contributed by atoms with Gasteiger partial charge in [-0.05, 0) is 77.2 Å². The van der Waals surface area contributed by atoms with Crippen LogP contribution in [0.3, 0.4) is 0 Å². The largest absolute Gasteiger partial charge is 0.465 e. The van der Waals surface area contributed by atoms with Gasteiger partial charge in [0, 0.05) is 37.8 Å². The van der Waals surface area contributed by atoms with Crippen molar-refractivity contribution in [1.29, 1.82) is 0 Å². The van der Waals surface area contributed by atoms with E-state index in [2.05, 4.69) is 5.32 Å². The molecule has 0 saturated heterocycles. The maximum Gasteiger partial charge on any atom is 0.251 e. The van der Waals surface area contributed by atoms with Gasteiger partial charge in [-0.15, -0.1) is 0 Å². The molecule has 4 rings (SSSR count). The van der Waals surface area contributed by atoms with Crippen LogP contribution in [-0.2, 0) is 27.8 Å². The van der Waals surface area contributed by atoms with Crippen molar-refractivity contribution < 1.29 is 22.4 Å². The van der Waals surface area contributed by atoms with Crippen LogP contribution in [0.4, 0.5) is 0 Å². The van der Waals surface area contributed by atoms with Crippen LogP contribution in [0.2, 0.25) is 0 Å². The topological polar surface area (TPSA) is 149 Å². The summed E-state index contributed by atoms with van der Waals surface area (Å²) in [5.74, 6) is 0.173. The summed E-state index contributed by atoms with van der Waals surface area (Å²) >= 11 is 0. The summed E-state index contributed by atoms with van der Waals surface area (Å²) < 4.78 is 28.5. The summed E-state index contributed by atoms with van der Waals surface area (Å²) in [6, 6.07) is 25.0. The number of nitrogens with one attached hydrogen (secondary N) is 1. The molecule has 4 aromatic rings. The van der Waals surface area contributed by atoms with E-state index >= 15 is 0 Å². The molecule has 9 nitrogen and oxygen atoms in total. The van der Waals surface area contributed by atoms with Crippen LogP contribution in [0.25, 0.3) is 17.2 Å². The first-order chi connectivity index (χ1) is 19.7.